The van der Waals surface area contributed by atoms with Gasteiger partial charge in [0.1, 0.15) is 17.5 Å². The molecule has 1 rings (SSSR count). The zero-order chi connectivity index (χ0) is 14.3. The number of rotatable bonds is 8. The summed E-state index contributed by atoms with van der Waals surface area (Å²) in [6, 6.07) is 0. The van der Waals surface area contributed by atoms with Crippen LogP contribution in [0.1, 0.15) is 57.3 Å². The molecule has 0 spiro atoms. The monoisotopic (exact) mass is 264 g/mol. The van der Waals surface area contributed by atoms with Gasteiger partial charge in [0.15, 0.2) is 0 Å². The van der Waals surface area contributed by atoms with E-state index in [1.807, 2.05) is 13.8 Å². The van der Waals surface area contributed by atoms with Crippen LogP contribution in [0, 0.1) is 19.8 Å². The van der Waals surface area contributed by atoms with E-state index in [2.05, 4.69) is 29.1 Å². The molecule has 3 N–H and O–H groups in total. The predicted molar refractivity (Wildman–Crippen MR) is 82.3 cm³/mol. The number of aryl methyl sites for hydroxylation is 1. The smallest absolute Gasteiger partial charge is 0.134 e. The maximum atomic E-state index is 5.83. The molecular weight excluding hydrogens is 236 g/mol. The summed E-state index contributed by atoms with van der Waals surface area (Å²) >= 11 is 0. The highest BCUT2D eigenvalue weighted by molar-refractivity contribution is 5.54. The minimum absolute atomic E-state index is 0.576. The third-order valence-corrected chi connectivity index (χ3v) is 3.30. The SMILES string of the molecule is Cc1nc(N)c(C)c(NCCCCCCC(C)C)n1. The molecule has 0 aliphatic carbocycles. The first-order valence-corrected chi connectivity index (χ1v) is 7.35. The van der Waals surface area contributed by atoms with E-state index in [-0.39, 0.29) is 0 Å². The molecule has 4 nitrogen and oxygen atoms in total. The maximum absolute atomic E-state index is 5.83. The second-order valence-corrected chi connectivity index (χ2v) is 5.65. The molecule has 0 aliphatic heterocycles. The Kier molecular flexibility index (Phi) is 6.60. The first kappa shape index (κ1) is 15.7. The van der Waals surface area contributed by atoms with Crippen LogP contribution in [0.25, 0.3) is 0 Å². The zero-order valence-corrected chi connectivity index (χ0v) is 12.8. The van der Waals surface area contributed by atoms with Crippen molar-refractivity contribution in [2.45, 2.75) is 59.8 Å². The van der Waals surface area contributed by atoms with Crippen molar-refractivity contribution in [3.63, 3.8) is 0 Å². The van der Waals surface area contributed by atoms with Crippen molar-refractivity contribution < 1.29 is 0 Å². The summed E-state index contributed by atoms with van der Waals surface area (Å²) in [5, 5.41) is 3.36. The Bertz CT molecular complexity index is 388. The summed E-state index contributed by atoms with van der Waals surface area (Å²) in [4.78, 5) is 8.53. The molecule has 1 aromatic heterocycles. The number of nitrogens with zero attached hydrogens (tertiary/aromatic N) is 2. The lowest BCUT2D eigenvalue weighted by atomic mass is 10.0. The van der Waals surface area contributed by atoms with E-state index in [4.69, 9.17) is 5.73 Å². The van der Waals surface area contributed by atoms with Gasteiger partial charge in [-0.3, -0.25) is 0 Å². The van der Waals surface area contributed by atoms with Gasteiger partial charge in [-0.25, -0.2) is 9.97 Å². The van der Waals surface area contributed by atoms with Crippen LogP contribution >= 0.6 is 0 Å². The van der Waals surface area contributed by atoms with E-state index in [1.54, 1.807) is 0 Å². The quantitative estimate of drug-likeness (QED) is 0.703. The first-order valence-electron chi connectivity index (χ1n) is 7.35. The molecule has 0 atom stereocenters. The number of unbranched alkanes of at least 4 members (excludes halogenated alkanes) is 3. The van der Waals surface area contributed by atoms with Crippen LogP contribution in [-0.4, -0.2) is 16.5 Å². The fraction of sp³-hybridized carbons (Fsp3) is 0.733. The molecule has 1 aromatic rings. The topological polar surface area (TPSA) is 63.8 Å². The van der Waals surface area contributed by atoms with Crippen LogP contribution in [0.15, 0.2) is 0 Å². The van der Waals surface area contributed by atoms with Crippen LogP contribution in [0.2, 0.25) is 0 Å². The molecule has 0 aliphatic rings. The molecule has 1 heterocycles. The third-order valence-electron chi connectivity index (χ3n) is 3.30. The molecular formula is C15H28N4. The molecule has 0 aromatic carbocycles. The zero-order valence-electron chi connectivity index (χ0n) is 12.8. The number of anilines is 2. The summed E-state index contributed by atoms with van der Waals surface area (Å²) in [7, 11) is 0. The van der Waals surface area contributed by atoms with Gasteiger partial charge in [-0.1, -0.05) is 39.5 Å². The highest BCUT2D eigenvalue weighted by Crippen LogP contribution is 2.17. The van der Waals surface area contributed by atoms with Crippen molar-refractivity contribution in [1.82, 2.24) is 9.97 Å². The Morgan fingerprint density at radius 2 is 1.74 bits per heavy atom. The molecule has 0 saturated carbocycles. The van der Waals surface area contributed by atoms with Gasteiger partial charge in [0.05, 0.1) is 0 Å². The number of hydrogen-bond donors (Lipinski definition) is 2. The van der Waals surface area contributed by atoms with Crippen LogP contribution in [0.3, 0.4) is 0 Å². The lowest BCUT2D eigenvalue weighted by Gasteiger charge is -2.10. The van der Waals surface area contributed by atoms with E-state index < -0.39 is 0 Å². The van der Waals surface area contributed by atoms with Crippen molar-refractivity contribution >= 4 is 11.6 Å². The van der Waals surface area contributed by atoms with E-state index in [9.17, 15) is 0 Å². The van der Waals surface area contributed by atoms with Crippen molar-refractivity contribution in [3.05, 3.63) is 11.4 Å². The second kappa shape index (κ2) is 7.97. The summed E-state index contributed by atoms with van der Waals surface area (Å²) in [5.74, 6) is 3.01. The average molecular weight is 264 g/mol. The van der Waals surface area contributed by atoms with Gasteiger partial charge < -0.3 is 11.1 Å². The van der Waals surface area contributed by atoms with Gasteiger partial charge in [-0.15, -0.1) is 0 Å². The lowest BCUT2D eigenvalue weighted by molar-refractivity contribution is 0.523. The highest BCUT2D eigenvalue weighted by Gasteiger charge is 2.05. The number of nitrogens with two attached hydrogens (primary N) is 1. The summed E-state index contributed by atoms with van der Waals surface area (Å²) in [6.45, 7) is 9.35. The normalized spacial score (nSPS) is 11.0. The Morgan fingerprint density at radius 3 is 2.42 bits per heavy atom. The standard InChI is InChI=1S/C15H28N4/c1-11(2)9-7-5-6-8-10-17-15-12(3)14(16)18-13(4)19-15/h11H,5-10H2,1-4H3,(H3,16,17,18,19). The molecule has 19 heavy (non-hydrogen) atoms. The largest absolute Gasteiger partial charge is 0.383 e. The van der Waals surface area contributed by atoms with Crippen molar-refractivity contribution in [2.24, 2.45) is 5.92 Å². The molecule has 0 unspecified atom stereocenters. The molecule has 4 heteroatoms. The molecule has 0 radical (unpaired) electrons. The van der Waals surface area contributed by atoms with Gasteiger partial charge >= 0.3 is 0 Å². The lowest BCUT2D eigenvalue weighted by Crippen LogP contribution is -2.09. The minimum atomic E-state index is 0.576. The van der Waals surface area contributed by atoms with Crippen molar-refractivity contribution in [1.29, 1.82) is 0 Å². The fourth-order valence-corrected chi connectivity index (χ4v) is 2.06. The minimum Gasteiger partial charge on any atom is -0.383 e. The summed E-state index contributed by atoms with van der Waals surface area (Å²) in [6.07, 6.45) is 6.47. The molecule has 0 amide bonds. The van der Waals surface area contributed by atoms with Crippen LogP contribution in [0.4, 0.5) is 11.6 Å². The number of nitrogens with one attached hydrogen (secondary N) is 1. The Labute approximate surface area is 117 Å². The van der Waals surface area contributed by atoms with E-state index in [0.29, 0.717) is 5.82 Å². The summed E-state index contributed by atoms with van der Waals surface area (Å²) in [5.41, 5.74) is 6.78. The van der Waals surface area contributed by atoms with Gasteiger partial charge in [0, 0.05) is 12.1 Å². The predicted octanol–water partition coefficient (Wildman–Crippen LogP) is 3.69. The van der Waals surface area contributed by atoms with Crippen LogP contribution in [0.5, 0.6) is 0 Å². The first-order chi connectivity index (χ1) is 9.00. The van der Waals surface area contributed by atoms with Gasteiger partial charge in [0.2, 0.25) is 0 Å². The van der Waals surface area contributed by atoms with E-state index in [1.165, 1.54) is 32.1 Å². The van der Waals surface area contributed by atoms with Gasteiger partial charge in [0.25, 0.3) is 0 Å². The fourth-order valence-electron chi connectivity index (χ4n) is 2.06. The molecule has 0 fully saturated rings. The molecule has 0 saturated heterocycles. The van der Waals surface area contributed by atoms with Crippen LogP contribution in [-0.2, 0) is 0 Å². The van der Waals surface area contributed by atoms with Crippen molar-refractivity contribution in [2.75, 3.05) is 17.6 Å². The Morgan fingerprint density at radius 1 is 1.05 bits per heavy atom. The second-order valence-electron chi connectivity index (χ2n) is 5.65. The third kappa shape index (κ3) is 5.90. The number of aromatic nitrogens is 2. The summed E-state index contributed by atoms with van der Waals surface area (Å²) < 4.78 is 0. The van der Waals surface area contributed by atoms with E-state index >= 15 is 0 Å². The van der Waals surface area contributed by atoms with Gasteiger partial charge in [-0.05, 0) is 26.2 Å². The Balaban J connectivity index is 2.23. The number of nitrogen functional groups attached to an aromatic ring is 1. The van der Waals surface area contributed by atoms with Crippen molar-refractivity contribution in [3.8, 4) is 0 Å². The van der Waals surface area contributed by atoms with E-state index in [0.717, 1.165) is 29.7 Å². The maximum Gasteiger partial charge on any atom is 0.134 e. The highest BCUT2D eigenvalue weighted by atomic mass is 15.0. The van der Waals surface area contributed by atoms with Crippen LogP contribution < -0.4 is 11.1 Å². The van der Waals surface area contributed by atoms with Gasteiger partial charge in [-0.2, -0.15) is 0 Å². The molecule has 0 bridgehead atoms. The average Bonchev–Trinajstić information content (AvgIpc) is 2.33. The number of hydrogen-bond acceptors (Lipinski definition) is 4. The Hall–Kier alpha value is -1.32. The molecule has 108 valence electrons.